The van der Waals surface area contributed by atoms with Gasteiger partial charge in [0.1, 0.15) is 11.9 Å². The highest BCUT2D eigenvalue weighted by Gasteiger charge is 2.18. The lowest BCUT2D eigenvalue weighted by Crippen LogP contribution is -2.08. The lowest BCUT2D eigenvalue weighted by atomic mass is 9.99. The molecule has 2 rings (SSSR count). The summed E-state index contributed by atoms with van der Waals surface area (Å²) in [6.07, 6.45) is 1.15. The topological polar surface area (TPSA) is 38.1 Å². The number of rotatable bonds is 4. The highest BCUT2D eigenvalue weighted by molar-refractivity contribution is 5.30. The third-order valence-corrected chi connectivity index (χ3v) is 3.78. The third kappa shape index (κ3) is 2.78. The normalized spacial score (nSPS) is 13.2. The lowest BCUT2D eigenvalue weighted by molar-refractivity contribution is 0.211. The largest absolute Gasteiger partial charge is 0.382 e. The van der Waals surface area contributed by atoms with E-state index >= 15 is 0 Å². The molecule has 0 unspecified atom stereocenters. The first-order valence-corrected chi connectivity index (χ1v) is 7.21. The second-order valence-electron chi connectivity index (χ2n) is 5.98. The maximum Gasteiger partial charge on any atom is 0.121 e. The van der Waals surface area contributed by atoms with Crippen molar-refractivity contribution in [2.24, 2.45) is 7.05 Å². The maximum atomic E-state index is 10.5. The van der Waals surface area contributed by atoms with Gasteiger partial charge < -0.3 is 9.67 Å². The number of benzene rings is 1. The van der Waals surface area contributed by atoms with Crippen molar-refractivity contribution in [3.63, 3.8) is 0 Å². The molecule has 0 radical (unpaired) electrons. The molecule has 0 saturated carbocycles. The highest BCUT2D eigenvalue weighted by atomic mass is 16.3. The molecule has 0 saturated heterocycles. The Hall–Kier alpha value is -1.61. The van der Waals surface area contributed by atoms with Gasteiger partial charge in [0.05, 0.1) is 11.9 Å². The summed E-state index contributed by atoms with van der Waals surface area (Å²) in [6.45, 7) is 8.55. The first kappa shape index (κ1) is 14.8. The van der Waals surface area contributed by atoms with E-state index in [1.165, 1.54) is 5.56 Å². The number of nitrogens with zero attached hydrogens (tertiary/aromatic N) is 2. The van der Waals surface area contributed by atoms with Crippen LogP contribution in [0.25, 0.3) is 0 Å². The summed E-state index contributed by atoms with van der Waals surface area (Å²) in [4.78, 5) is 4.41. The molecular formula is C17H24N2O. The molecule has 2 aromatic rings. The average Bonchev–Trinajstić information content (AvgIpc) is 2.80. The van der Waals surface area contributed by atoms with Gasteiger partial charge in [-0.2, -0.15) is 0 Å². The summed E-state index contributed by atoms with van der Waals surface area (Å²) >= 11 is 0. The molecule has 0 fully saturated rings. The van der Waals surface area contributed by atoms with Crippen LogP contribution in [0, 0.1) is 0 Å². The number of hydrogen-bond acceptors (Lipinski definition) is 2. The SMILES string of the molecule is CC(C)c1ccc([C@H](O)c2cnc(C(C)C)n2C)cc1. The van der Waals surface area contributed by atoms with E-state index in [0.29, 0.717) is 11.8 Å². The Bertz CT molecular complexity index is 567. The molecule has 20 heavy (non-hydrogen) atoms. The fraction of sp³-hybridized carbons (Fsp3) is 0.471. The molecule has 1 aromatic heterocycles. The van der Waals surface area contributed by atoms with E-state index in [1.54, 1.807) is 6.20 Å². The van der Waals surface area contributed by atoms with Gasteiger partial charge in [-0.3, -0.25) is 0 Å². The van der Waals surface area contributed by atoms with Gasteiger partial charge in [0, 0.05) is 13.0 Å². The zero-order chi connectivity index (χ0) is 14.9. The quantitative estimate of drug-likeness (QED) is 0.920. The lowest BCUT2D eigenvalue weighted by Gasteiger charge is -2.15. The smallest absolute Gasteiger partial charge is 0.121 e. The van der Waals surface area contributed by atoms with Gasteiger partial charge >= 0.3 is 0 Å². The molecule has 3 heteroatoms. The van der Waals surface area contributed by atoms with E-state index in [9.17, 15) is 5.11 Å². The van der Waals surface area contributed by atoms with Crippen LogP contribution >= 0.6 is 0 Å². The number of aliphatic hydroxyl groups is 1. The Morgan fingerprint density at radius 3 is 1.95 bits per heavy atom. The minimum absolute atomic E-state index is 0.351. The average molecular weight is 272 g/mol. The van der Waals surface area contributed by atoms with Crippen LogP contribution in [0.5, 0.6) is 0 Å². The number of aliphatic hydroxyl groups excluding tert-OH is 1. The number of aromatic nitrogens is 2. The minimum Gasteiger partial charge on any atom is -0.382 e. The van der Waals surface area contributed by atoms with Crippen molar-refractivity contribution in [3.8, 4) is 0 Å². The predicted molar refractivity (Wildman–Crippen MR) is 81.9 cm³/mol. The van der Waals surface area contributed by atoms with Crippen molar-refractivity contribution in [2.75, 3.05) is 0 Å². The van der Waals surface area contributed by atoms with E-state index in [4.69, 9.17) is 0 Å². The van der Waals surface area contributed by atoms with E-state index in [2.05, 4.69) is 44.8 Å². The molecule has 1 aromatic carbocycles. The van der Waals surface area contributed by atoms with Gasteiger partial charge in [-0.15, -0.1) is 0 Å². The van der Waals surface area contributed by atoms with Crippen molar-refractivity contribution in [2.45, 2.75) is 45.6 Å². The summed E-state index contributed by atoms with van der Waals surface area (Å²) < 4.78 is 1.99. The standard InChI is InChI=1S/C17H24N2O/c1-11(2)13-6-8-14(9-7-13)16(20)15-10-18-17(12(3)4)19(15)5/h6-12,16,20H,1-5H3/t16-/m0/s1. The van der Waals surface area contributed by atoms with Gasteiger partial charge in [0.15, 0.2) is 0 Å². The molecule has 3 nitrogen and oxygen atoms in total. The number of imidazole rings is 1. The molecule has 1 heterocycles. The van der Waals surface area contributed by atoms with Crippen LogP contribution < -0.4 is 0 Å². The molecule has 108 valence electrons. The Kier molecular flexibility index (Phi) is 4.29. The summed E-state index contributed by atoms with van der Waals surface area (Å²) in [7, 11) is 1.96. The highest BCUT2D eigenvalue weighted by Crippen LogP contribution is 2.25. The van der Waals surface area contributed by atoms with E-state index in [-0.39, 0.29) is 0 Å². The maximum absolute atomic E-state index is 10.5. The minimum atomic E-state index is -0.624. The van der Waals surface area contributed by atoms with Crippen LogP contribution in [0.3, 0.4) is 0 Å². The fourth-order valence-corrected chi connectivity index (χ4v) is 2.46. The van der Waals surface area contributed by atoms with Crippen molar-refractivity contribution in [3.05, 3.63) is 53.1 Å². The number of hydrogen-bond donors (Lipinski definition) is 1. The second-order valence-corrected chi connectivity index (χ2v) is 5.98. The molecule has 0 spiro atoms. The molecule has 0 aliphatic rings. The van der Waals surface area contributed by atoms with E-state index in [0.717, 1.165) is 17.1 Å². The van der Waals surface area contributed by atoms with Crippen LogP contribution in [0.2, 0.25) is 0 Å². The summed E-state index contributed by atoms with van der Waals surface area (Å²) in [5, 5.41) is 10.5. The zero-order valence-corrected chi connectivity index (χ0v) is 13.0. The van der Waals surface area contributed by atoms with Gasteiger partial charge in [0.25, 0.3) is 0 Å². The van der Waals surface area contributed by atoms with Crippen LogP contribution in [0.4, 0.5) is 0 Å². The third-order valence-electron chi connectivity index (χ3n) is 3.78. The Labute approximate surface area is 121 Å². The monoisotopic (exact) mass is 272 g/mol. The van der Waals surface area contributed by atoms with Crippen LogP contribution in [-0.2, 0) is 7.05 Å². The molecular weight excluding hydrogens is 248 g/mol. The Morgan fingerprint density at radius 1 is 0.950 bits per heavy atom. The van der Waals surface area contributed by atoms with Crippen molar-refractivity contribution in [1.29, 1.82) is 0 Å². The summed E-state index contributed by atoms with van der Waals surface area (Å²) in [5.41, 5.74) is 3.03. The van der Waals surface area contributed by atoms with Gasteiger partial charge in [-0.25, -0.2) is 4.98 Å². The second kappa shape index (κ2) is 5.80. The van der Waals surface area contributed by atoms with Crippen molar-refractivity contribution >= 4 is 0 Å². The van der Waals surface area contributed by atoms with Crippen molar-refractivity contribution in [1.82, 2.24) is 9.55 Å². The molecule has 1 N–H and O–H groups in total. The van der Waals surface area contributed by atoms with Crippen LogP contribution in [-0.4, -0.2) is 14.7 Å². The van der Waals surface area contributed by atoms with Crippen LogP contribution in [0.1, 0.15) is 68.3 Å². The summed E-state index contributed by atoms with van der Waals surface area (Å²) in [6, 6.07) is 8.18. The first-order valence-electron chi connectivity index (χ1n) is 7.21. The van der Waals surface area contributed by atoms with E-state index < -0.39 is 6.10 Å². The van der Waals surface area contributed by atoms with Gasteiger partial charge in [-0.05, 0) is 17.0 Å². The fourth-order valence-electron chi connectivity index (χ4n) is 2.46. The Morgan fingerprint density at radius 2 is 1.50 bits per heavy atom. The first-order chi connectivity index (χ1) is 9.41. The molecule has 0 bridgehead atoms. The Balaban J connectivity index is 2.29. The summed E-state index contributed by atoms with van der Waals surface area (Å²) in [5.74, 6) is 1.85. The molecule has 0 amide bonds. The van der Waals surface area contributed by atoms with Crippen molar-refractivity contribution < 1.29 is 5.11 Å². The molecule has 0 aliphatic heterocycles. The van der Waals surface area contributed by atoms with Gasteiger partial charge in [-0.1, -0.05) is 52.0 Å². The predicted octanol–water partition coefficient (Wildman–Crippen LogP) is 3.75. The van der Waals surface area contributed by atoms with E-state index in [1.807, 2.05) is 23.7 Å². The van der Waals surface area contributed by atoms with Gasteiger partial charge in [0.2, 0.25) is 0 Å². The van der Waals surface area contributed by atoms with Crippen LogP contribution in [0.15, 0.2) is 30.5 Å². The zero-order valence-electron chi connectivity index (χ0n) is 13.0. The molecule has 0 aliphatic carbocycles. The molecule has 1 atom stereocenters.